The number of fused-ring (bicyclic) bond motifs is 1. The van der Waals surface area contributed by atoms with Crippen LogP contribution in [0.25, 0.3) is 0 Å². The molecule has 1 aliphatic carbocycles. The van der Waals surface area contributed by atoms with E-state index in [1.54, 1.807) is 0 Å². The number of nitrogens with one attached hydrogen (secondary N) is 1. The third-order valence-corrected chi connectivity index (χ3v) is 2.30. The van der Waals surface area contributed by atoms with Crippen molar-refractivity contribution in [3.8, 4) is 0 Å². The van der Waals surface area contributed by atoms with Gasteiger partial charge in [-0.15, -0.1) is 0 Å². The first-order valence-corrected chi connectivity index (χ1v) is 4.21. The standard InChI is InChI=1S/C8H13N3O/c1-10-4-5-2-3-6-7(5)12-8(9)11-6/h5,10H,2-4H2,1H3,(H2,9,11). The number of nitrogen functional groups attached to an aromatic ring is 1. The quantitative estimate of drug-likeness (QED) is 0.673. The fourth-order valence-electron chi connectivity index (χ4n) is 1.76. The molecule has 1 aliphatic rings. The number of oxazole rings is 1. The van der Waals surface area contributed by atoms with Gasteiger partial charge in [0.1, 0.15) is 5.76 Å². The molecule has 66 valence electrons. The van der Waals surface area contributed by atoms with Crippen molar-refractivity contribution < 1.29 is 4.42 Å². The van der Waals surface area contributed by atoms with Crippen molar-refractivity contribution in [3.63, 3.8) is 0 Å². The molecule has 0 amide bonds. The highest BCUT2D eigenvalue weighted by atomic mass is 16.4. The number of nitrogens with zero attached hydrogens (tertiary/aromatic N) is 1. The summed E-state index contributed by atoms with van der Waals surface area (Å²) in [5.41, 5.74) is 6.50. The highest BCUT2D eigenvalue weighted by Gasteiger charge is 2.27. The normalized spacial score (nSPS) is 21.2. The zero-order valence-electron chi connectivity index (χ0n) is 7.13. The zero-order chi connectivity index (χ0) is 8.55. The summed E-state index contributed by atoms with van der Waals surface area (Å²) in [5.74, 6) is 1.46. The van der Waals surface area contributed by atoms with E-state index < -0.39 is 0 Å². The van der Waals surface area contributed by atoms with E-state index in [0.717, 1.165) is 30.8 Å². The third kappa shape index (κ3) is 1.08. The van der Waals surface area contributed by atoms with E-state index in [9.17, 15) is 0 Å². The summed E-state index contributed by atoms with van der Waals surface area (Å²) in [4.78, 5) is 4.11. The monoisotopic (exact) mass is 167 g/mol. The zero-order valence-corrected chi connectivity index (χ0v) is 7.13. The Kier molecular flexibility index (Phi) is 1.77. The smallest absolute Gasteiger partial charge is 0.292 e. The van der Waals surface area contributed by atoms with Crippen LogP contribution < -0.4 is 11.1 Å². The van der Waals surface area contributed by atoms with Gasteiger partial charge >= 0.3 is 0 Å². The molecular formula is C8H13N3O. The van der Waals surface area contributed by atoms with Gasteiger partial charge in [0.05, 0.1) is 5.69 Å². The molecule has 0 spiro atoms. The molecular weight excluding hydrogens is 154 g/mol. The molecule has 0 saturated carbocycles. The molecule has 4 heteroatoms. The Hall–Kier alpha value is -1.03. The van der Waals surface area contributed by atoms with Gasteiger partial charge in [0, 0.05) is 12.5 Å². The van der Waals surface area contributed by atoms with Crippen LogP contribution >= 0.6 is 0 Å². The molecule has 0 bridgehead atoms. The van der Waals surface area contributed by atoms with E-state index in [0.29, 0.717) is 11.9 Å². The summed E-state index contributed by atoms with van der Waals surface area (Å²) in [6.07, 6.45) is 2.13. The summed E-state index contributed by atoms with van der Waals surface area (Å²) >= 11 is 0. The number of hydrogen-bond acceptors (Lipinski definition) is 4. The van der Waals surface area contributed by atoms with Crippen LogP contribution in [0.4, 0.5) is 6.01 Å². The topological polar surface area (TPSA) is 64.1 Å². The Morgan fingerprint density at radius 1 is 1.75 bits per heavy atom. The Morgan fingerprint density at radius 3 is 3.33 bits per heavy atom. The first-order valence-electron chi connectivity index (χ1n) is 4.21. The van der Waals surface area contributed by atoms with Crippen LogP contribution in [0.15, 0.2) is 4.42 Å². The number of likely N-dealkylation sites (N-methyl/N-ethyl adjacent to an activating group) is 1. The fourth-order valence-corrected chi connectivity index (χ4v) is 1.76. The fraction of sp³-hybridized carbons (Fsp3) is 0.625. The van der Waals surface area contributed by atoms with Crippen molar-refractivity contribution in [1.82, 2.24) is 10.3 Å². The molecule has 0 radical (unpaired) electrons. The average Bonchev–Trinajstić information content (AvgIpc) is 2.52. The maximum absolute atomic E-state index is 5.45. The van der Waals surface area contributed by atoms with Crippen molar-refractivity contribution in [2.45, 2.75) is 18.8 Å². The Bertz CT molecular complexity index is 282. The van der Waals surface area contributed by atoms with Crippen molar-refractivity contribution >= 4 is 6.01 Å². The lowest BCUT2D eigenvalue weighted by Crippen LogP contribution is -2.14. The summed E-state index contributed by atoms with van der Waals surface area (Å²) in [7, 11) is 1.94. The number of hydrogen-bond donors (Lipinski definition) is 2. The van der Waals surface area contributed by atoms with E-state index in [-0.39, 0.29) is 0 Å². The molecule has 1 aromatic heterocycles. The first kappa shape index (κ1) is 7.61. The predicted octanol–water partition coefficient (Wildman–Crippen LogP) is 0.506. The van der Waals surface area contributed by atoms with Crippen LogP contribution in [0.2, 0.25) is 0 Å². The molecule has 0 aromatic carbocycles. The van der Waals surface area contributed by atoms with Gasteiger partial charge in [-0.1, -0.05) is 0 Å². The van der Waals surface area contributed by atoms with E-state index in [1.165, 1.54) is 0 Å². The Morgan fingerprint density at radius 2 is 2.58 bits per heavy atom. The highest BCUT2D eigenvalue weighted by molar-refractivity contribution is 5.27. The van der Waals surface area contributed by atoms with Gasteiger partial charge in [0.2, 0.25) is 0 Å². The molecule has 4 nitrogen and oxygen atoms in total. The van der Waals surface area contributed by atoms with Crippen molar-refractivity contribution in [1.29, 1.82) is 0 Å². The number of aryl methyl sites for hydroxylation is 1. The minimum Gasteiger partial charge on any atom is -0.428 e. The average molecular weight is 167 g/mol. The van der Waals surface area contributed by atoms with E-state index in [1.807, 2.05) is 7.05 Å². The van der Waals surface area contributed by atoms with E-state index >= 15 is 0 Å². The van der Waals surface area contributed by atoms with Crippen molar-refractivity contribution in [2.75, 3.05) is 19.3 Å². The van der Waals surface area contributed by atoms with Crippen LogP contribution in [-0.2, 0) is 6.42 Å². The molecule has 3 N–H and O–H groups in total. The molecule has 0 saturated heterocycles. The second kappa shape index (κ2) is 2.79. The minimum absolute atomic E-state index is 0.306. The van der Waals surface area contributed by atoms with Crippen LogP contribution in [0, 0.1) is 0 Å². The van der Waals surface area contributed by atoms with E-state index in [4.69, 9.17) is 10.2 Å². The number of anilines is 1. The SMILES string of the molecule is CNCC1CCc2nc(N)oc21. The second-order valence-corrected chi connectivity index (χ2v) is 3.16. The second-order valence-electron chi connectivity index (χ2n) is 3.16. The van der Waals surface area contributed by atoms with Gasteiger partial charge in [-0.05, 0) is 19.9 Å². The maximum Gasteiger partial charge on any atom is 0.292 e. The van der Waals surface area contributed by atoms with Crippen LogP contribution in [0.1, 0.15) is 23.8 Å². The van der Waals surface area contributed by atoms with Gasteiger partial charge in [0.15, 0.2) is 0 Å². The molecule has 1 unspecified atom stereocenters. The van der Waals surface area contributed by atoms with Gasteiger partial charge in [-0.25, -0.2) is 0 Å². The van der Waals surface area contributed by atoms with Crippen molar-refractivity contribution in [2.24, 2.45) is 0 Å². The maximum atomic E-state index is 5.45. The lowest BCUT2D eigenvalue weighted by Gasteiger charge is -2.05. The summed E-state index contributed by atoms with van der Waals surface area (Å²) < 4.78 is 5.32. The summed E-state index contributed by atoms with van der Waals surface area (Å²) in [5, 5.41) is 3.13. The van der Waals surface area contributed by atoms with Crippen LogP contribution in [-0.4, -0.2) is 18.6 Å². The Labute approximate surface area is 71.2 Å². The molecule has 0 aliphatic heterocycles. The molecule has 1 aromatic rings. The van der Waals surface area contributed by atoms with Gasteiger partial charge in [-0.2, -0.15) is 4.98 Å². The summed E-state index contributed by atoms with van der Waals surface area (Å²) in [6, 6.07) is 0.306. The largest absolute Gasteiger partial charge is 0.428 e. The van der Waals surface area contributed by atoms with Gasteiger partial charge in [0.25, 0.3) is 6.01 Å². The lowest BCUT2D eigenvalue weighted by molar-refractivity contribution is 0.467. The Balaban J connectivity index is 2.22. The molecule has 0 fully saturated rings. The van der Waals surface area contributed by atoms with E-state index in [2.05, 4.69) is 10.3 Å². The summed E-state index contributed by atoms with van der Waals surface area (Å²) in [6.45, 7) is 0.946. The third-order valence-electron chi connectivity index (χ3n) is 2.30. The minimum atomic E-state index is 0.306. The predicted molar refractivity (Wildman–Crippen MR) is 45.9 cm³/mol. The molecule has 2 rings (SSSR count). The van der Waals surface area contributed by atoms with Crippen LogP contribution in [0.3, 0.4) is 0 Å². The number of rotatable bonds is 2. The number of nitrogens with two attached hydrogens (primary N) is 1. The van der Waals surface area contributed by atoms with Crippen molar-refractivity contribution in [3.05, 3.63) is 11.5 Å². The first-order chi connectivity index (χ1) is 5.81. The van der Waals surface area contributed by atoms with Crippen LogP contribution in [0.5, 0.6) is 0 Å². The molecule has 1 atom stereocenters. The molecule has 12 heavy (non-hydrogen) atoms. The lowest BCUT2D eigenvalue weighted by atomic mass is 10.1. The van der Waals surface area contributed by atoms with Gasteiger partial charge < -0.3 is 15.5 Å². The molecule has 1 heterocycles. The van der Waals surface area contributed by atoms with Gasteiger partial charge in [-0.3, -0.25) is 0 Å². The number of aromatic nitrogens is 1. The highest BCUT2D eigenvalue weighted by Crippen LogP contribution is 2.33.